The number of hydrogen-bond acceptors (Lipinski definition) is 3. The first-order valence-corrected chi connectivity index (χ1v) is 9.06. The van der Waals surface area contributed by atoms with Gasteiger partial charge in [-0.05, 0) is 35.4 Å². The van der Waals surface area contributed by atoms with Crippen molar-refractivity contribution in [1.82, 2.24) is 0 Å². The van der Waals surface area contributed by atoms with Crippen LogP contribution < -0.4 is 10.6 Å². The van der Waals surface area contributed by atoms with Crippen molar-refractivity contribution in [3.05, 3.63) is 23.8 Å². The molecular formula is C20H36N2O2. The second-order valence-electron chi connectivity index (χ2n) is 7.01. The maximum atomic E-state index is 10.8. The van der Waals surface area contributed by atoms with Crippen molar-refractivity contribution >= 4 is 17.3 Å². The molecule has 0 amide bonds. The van der Waals surface area contributed by atoms with E-state index < -0.39 is 5.97 Å². The van der Waals surface area contributed by atoms with Crippen LogP contribution in [-0.2, 0) is 4.79 Å². The number of nitrogens with zero attached hydrogens (tertiary/aromatic N) is 1. The largest absolute Gasteiger partial charge is 0.481 e. The van der Waals surface area contributed by atoms with Gasteiger partial charge in [-0.2, -0.15) is 0 Å². The lowest BCUT2D eigenvalue weighted by Gasteiger charge is -2.30. The van der Waals surface area contributed by atoms with Crippen molar-refractivity contribution in [2.45, 2.75) is 60.8 Å². The molecule has 1 rings (SSSR count). The molecule has 0 aliphatic carbocycles. The second kappa shape index (κ2) is 11.0. The Morgan fingerprint density at radius 3 is 1.96 bits per heavy atom. The number of rotatable bonds is 8. The molecule has 1 atom stereocenters. The normalized spacial score (nSPS) is 11.9. The molecule has 4 nitrogen and oxygen atoms in total. The minimum absolute atomic E-state index is 0.0301. The van der Waals surface area contributed by atoms with E-state index in [4.69, 9.17) is 10.8 Å². The van der Waals surface area contributed by atoms with Crippen LogP contribution in [0.2, 0.25) is 0 Å². The molecule has 0 spiro atoms. The first-order chi connectivity index (χ1) is 11.2. The predicted molar refractivity (Wildman–Crippen MR) is 105 cm³/mol. The van der Waals surface area contributed by atoms with Crippen molar-refractivity contribution in [3.63, 3.8) is 0 Å². The van der Waals surface area contributed by atoms with E-state index in [0.29, 0.717) is 11.8 Å². The average Bonchev–Trinajstić information content (AvgIpc) is 2.46. The van der Waals surface area contributed by atoms with Gasteiger partial charge in [0.1, 0.15) is 0 Å². The molecule has 3 N–H and O–H groups in total. The predicted octanol–water partition coefficient (Wildman–Crippen LogP) is 4.99. The van der Waals surface area contributed by atoms with Gasteiger partial charge in [0.05, 0.1) is 17.8 Å². The van der Waals surface area contributed by atoms with Crippen molar-refractivity contribution in [3.8, 4) is 0 Å². The molecule has 1 aromatic rings. The van der Waals surface area contributed by atoms with E-state index in [0.717, 1.165) is 30.0 Å². The standard InChI is InChI=1S/C18H30N2O2.C2H6/c1-12(2)10-20(11-13(3)4)17-7-6-15(9-16(17)19)14(5)8-18(21)22;1-2/h6-7,9,12-14H,8,10-11,19H2,1-5H3,(H,21,22);1-2H3. The highest BCUT2D eigenvalue weighted by Crippen LogP contribution is 2.30. The Hall–Kier alpha value is -1.71. The van der Waals surface area contributed by atoms with E-state index in [1.165, 1.54) is 0 Å². The number of nitrogens with two attached hydrogens (primary N) is 1. The number of hydrogen-bond donors (Lipinski definition) is 2. The van der Waals surface area contributed by atoms with Gasteiger partial charge in [0.25, 0.3) is 0 Å². The zero-order valence-electron chi connectivity index (χ0n) is 16.5. The fourth-order valence-electron chi connectivity index (χ4n) is 2.70. The van der Waals surface area contributed by atoms with Crippen LogP contribution in [0.3, 0.4) is 0 Å². The highest BCUT2D eigenvalue weighted by molar-refractivity contribution is 5.71. The smallest absolute Gasteiger partial charge is 0.303 e. The maximum Gasteiger partial charge on any atom is 0.303 e. The molecular weight excluding hydrogens is 300 g/mol. The summed E-state index contributed by atoms with van der Waals surface area (Å²) in [6.45, 7) is 16.7. The average molecular weight is 337 g/mol. The second-order valence-corrected chi connectivity index (χ2v) is 7.01. The SMILES string of the molecule is CC.CC(C)CN(CC(C)C)c1ccc(C(C)CC(=O)O)cc1N. The van der Waals surface area contributed by atoms with Crippen LogP contribution in [0.1, 0.15) is 66.4 Å². The Morgan fingerprint density at radius 1 is 1.08 bits per heavy atom. The number of anilines is 2. The molecule has 0 heterocycles. The van der Waals surface area contributed by atoms with Crippen LogP contribution in [0.15, 0.2) is 18.2 Å². The number of benzene rings is 1. The number of nitrogen functional groups attached to an aromatic ring is 1. The third-order valence-corrected chi connectivity index (χ3v) is 3.61. The number of carbonyl (C=O) groups is 1. The van der Waals surface area contributed by atoms with Gasteiger partial charge in [0.15, 0.2) is 0 Å². The van der Waals surface area contributed by atoms with Crippen LogP contribution >= 0.6 is 0 Å². The first kappa shape index (κ1) is 22.3. The van der Waals surface area contributed by atoms with Crippen molar-refractivity contribution in [1.29, 1.82) is 0 Å². The molecule has 1 unspecified atom stereocenters. The van der Waals surface area contributed by atoms with Gasteiger partial charge in [-0.3, -0.25) is 4.79 Å². The molecule has 0 saturated carbocycles. The quantitative estimate of drug-likeness (QED) is 0.656. The topological polar surface area (TPSA) is 66.6 Å². The van der Waals surface area contributed by atoms with Gasteiger partial charge < -0.3 is 15.7 Å². The van der Waals surface area contributed by atoms with E-state index in [-0.39, 0.29) is 12.3 Å². The van der Waals surface area contributed by atoms with E-state index in [1.807, 2.05) is 39.0 Å². The fourth-order valence-corrected chi connectivity index (χ4v) is 2.70. The maximum absolute atomic E-state index is 10.8. The van der Waals surface area contributed by atoms with E-state index in [9.17, 15) is 4.79 Å². The third kappa shape index (κ3) is 7.71. The summed E-state index contributed by atoms with van der Waals surface area (Å²) in [6, 6.07) is 5.97. The van der Waals surface area contributed by atoms with Crippen LogP contribution in [0.25, 0.3) is 0 Å². The summed E-state index contributed by atoms with van der Waals surface area (Å²) >= 11 is 0. The zero-order valence-corrected chi connectivity index (χ0v) is 16.5. The molecule has 0 aliphatic heterocycles. The summed E-state index contributed by atoms with van der Waals surface area (Å²) in [7, 11) is 0. The Kier molecular flexibility index (Phi) is 10.2. The Balaban J connectivity index is 0.00000254. The molecule has 138 valence electrons. The lowest BCUT2D eigenvalue weighted by atomic mass is 9.96. The van der Waals surface area contributed by atoms with Crippen LogP contribution in [0.5, 0.6) is 0 Å². The zero-order chi connectivity index (χ0) is 18.9. The van der Waals surface area contributed by atoms with Gasteiger partial charge in [0, 0.05) is 13.1 Å². The Morgan fingerprint density at radius 2 is 1.58 bits per heavy atom. The lowest BCUT2D eigenvalue weighted by molar-refractivity contribution is -0.137. The molecule has 0 radical (unpaired) electrons. The molecule has 0 fully saturated rings. The van der Waals surface area contributed by atoms with Crippen LogP contribution in [-0.4, -0.2) is 24.2 Å². The third-order valence-electron chi connectivity index (χ3n) is 3.61. The highest BCUT2D eigenvalue weighted by Gasteiger charge is 2.16. The van der Waals surface area contributed by atoms with Gasteiger partial charge in [-0.25, -0.2) is 0 Å². The minimum atomic E-state index is -0.781. The first-order valence-electron chi connectivity index (χ1n) is 9.06. The molecule has 0 aliphatic rings. The summed E-state index contributed by atoms with van der Waals surface area (Å²) < 4.78 is 0. The molecule has 0 saturated heterocycles. The monoisotopic (exact) mass is 336 g/mol. The highest BCUT2D eigenvalue weighted by atomic mass is 16.4. The summed E-state index contributed by atoms with van der Waals surface area (Å²) in [5, 5.41) is 8.92. The minimum Gasteiger partial charge on any atom is -0.481 e. The van der Waals surface area contributed by atoms with Crippen LogP contribution in [0, 0.1) is 11.8 Å². The summed E-state index contributed by atoms with van der Waals surface area (Å²) in [4.78, 5) is 13.2. The van der Waals surface area contributed by atoms with Crippen molar-refractivity contribution in [2.75, 3.05) is 23.7 Å². The molecule has 0 bridgehead atoms. The summed E-state index contributed by atoms with van der Waals surface area (Å²) in [5.74, 6) is 0.307. The summed E-state index contributed by atoms with van der Waals surface area (Å²) in [6.07, 6.45) is 0.125. The van der Waals surface area contributed by atoms with Gasteiger partial charge in [-0.1, -0.05) is 54.5 Å². The van der Waals surface area contributed by atoms with Crippen molar-refractivity contribution in [2.24, 2.45) is 11.8 Å². The van der Waals surface area contributed by atoms with E-state index in [2.05, 4.69) is 32.6 Å². The van der Waals surface area contributed by atoms with Gasteiger partial charge in [0.2, 0.25) is 0 Å². The molecule has 24 heavy (non-hydrogen) atoms. The lowest BCUT2D eigenvalue weighted by Crippen LogP contribution is -2.31. The van der Waals surface area contributed by atoms with E-state index in [1.54, 1.807) is 0 Å². The Labute approximate surface area is 148 Å². The fraction of sp³-hybridized carbons (Fsp3) is 0.650. The molecule has 0 aromatic heterocycles. The molecule has 1 aromatic carbocycles. The number of carboxylic acids is 1. The summed E-state index contributed by atoms with van der Waals surface area (Å²) in [5.41, 5.74) is 9.02. The van der Waals surface area contributed by atoms with Gasteiger partial charge in [-0.15, -0.1) is 0 Å². The number of carboxylic acid groups (broad SMARTS) is 1. The van der Waals surface area contributed by atoms with E-state index >= 15 is 0 Å². The molecule has 4 heteroatoms. The van der Waals surface area contributed by atoms with Crippen LogP contribution in [0.4, 0.5) is 11.4 Å². The van der Waals surface area contributed by atoms with Crippen molar-refractivity contribution < 1.29 is 9.90 Å². The number of aliphatic carboxylic acids is 1. The van der Waals surface area contributed by atoms with Gasteiger partial charge >= 0.3 is 5.97 Å². The Bertz CT molecular complexity index is 488.